The number of nitrogens with one attached hydrogen (secondary N) is 1. The van der Waals surface area contributed by atoms with Crippen LogP contribution in [-0.2, 0) is 0 Å². The van der Waals surface area contributed by atoms with E-state index in [2.05, 4.69) is 5.32 Å². The molecule has 2 bridgehead atoms. The Morgan fingerprint density at radius 3 is 2.54 bits per heavy atom. The van der Waals surface area contributed by atoms with Crippen molar-refractivity contribution in [2.24, 2.45) is 11.8 Å². The largest absolute Gasteiger partial charge is 0.338 e. The van der Waals surface area contributed by atoms with Crippen molar-refractivity contribution in [3.05, 3.63) is 0 Å². The summed E-state index contributed by atoms with van der Waals surface area (Å²) in [6.07, 6.45) is 4.02. The van der Waals surface area contributed by atoms with Crippen LogP contribution in [0.2, 0.25) is 0 Å². The van der Waals surface area contributed by atoms with Gasteiger partial charge in [-0.3, -0.25) is 0 Å². The van der Waals surface area contributed by atoms with Gasteiger partial charge in [0, 0.05) is 19.6 Å². The van der Waals surface area contributed by atoms with Gasteiger partial charge in [0.05, 0.1) is 0 Å². The van der Waals surface area contributed by atoms with E-state index in [0.29, 0.717) is 0 Å². The van der Waals surface area contributed by atoms with Crippen LogP contribution in [0.4, 0.5) is 4.79 Å². The molecular formula is C10H18N2O. The molecule has 74 valence electrons. The molecule has 0 spiro atoms. The summed E-state index contributed by atoms with van der Waals surface area (Å²) >= 11 is 0. The lowest BCUT2D eigenvalue weighted by atomic mass is 9.99. The quantitative estimate of drug-likeness (QED) is 0.654. The zero-order chi connectivity index (χ0) is 9.26. The van der Waals surface area contributed by atoms with Gasteiger partial charge in [-0.05, 0) is 38.0 Å². The Labute approximate surface area is 79.5 Å². The van der Waals surface area contributed by atoms with Crippen molar-refractivity contribution in [1.29, 1.82) is 0 Å². The molecule has 2 fully saturated rings. The molecular weight excluding hydrogens is 164 g/mol. The summed E-state index contributed by atoms with van der Waals surface area (Å²) in [5.41, 5.74) is 0. The van der Waals surface area contributed by atoms with Crippen molar-refractivity contribution in [3.63, 3.8) is 0 Å². The van der Waals surface area contributed by atoms with Crippen molar-refractivity contribution in [1.82, 2.24) is 10.2 Å². The van der Waals surface area contributed by atoms with Crippen LogP contribution in [0.3, 0.4) is 0 Å². The zero-order valence-electron chi connectivity index (χ0n) is 8.25. The molecule has 0 radical (unpaired) electrons. The van der Waals surface area contributed by atoms with Crippen LogP contribution in [0.15, 0.2) is 0 Å². The molecule has 2 unspecified atom stereocenters. The average molecular weight is 182 g/mol. The normalized spacial score (nSPS) is 31.9. The first kappa shape index (κ1) is 8.85. The van der Waals surface area contributed by atoms with Gasteiger partial charge in [0.2, 0.25) is 0 Å². The summed E-state index contributed by atoms with van der Waals surface area (Å²) < 4.78 is 0. The molecule has 0 aromatic rings. The second kappa shape index (κ2) is 3.56. The molecule has 2 rings (SSSR count). The van der Waals surface area contributed by atoms with Gasteiger partial charge >= 0.3 is 6.03 Å². The maximum atomic E-state index is 11.5. The summed E-state index contributed by atoms with van der Waals surface area (Å²) in [6, 6.07) is 0.138. The summed E-state index contributed by atoms with van der Waals surface area (Å²) in [7, 11) is 0. The molecule has 2 amide bonds. The number of carbonyl (C=O) groups excluding carboxylic acids is 1. The summed E-state index contributed by atoms with van der Waals surface area (Å²) in [4.78, 5) is 13.5. The van der Waals surface area contributed by atoms with Crippen LogP contribution >= 0.6 is 0 Å². The Bertz CT molecular complexity index is 193. The molecule has 1 heterocycles. The monoisotopic (exact) mass is 182 g/mol. The van der Waals surface area contributed by atoms with E-state index in [-0.39, 0.29) is 6.03 Å². The van der Waals surface area contributed by atoms with E-state index in [4.69, 9.17) is 0 Å². The van der Waals surface area contributed by atoms with Crippen LogP contribution in [0.5, 0.6) is 0 Å². The van der Waals surface area contributed by atoms with E-state index in [9.17, 15) is 4.79 Å². The van der Waals surface area contributed by atoms with Gasteiger partial charge in [0.15, 0.2) is 0 Å². The fraction of sp³-hybridized carbons (Fsp3) is 0.900. The summed E-state index contributed by atoms with van der Waals surface area (Å²) in [5.74, 6) is 1.59. The predicted molar refractivity (Wildman–Crippen MR) is 51.5 cm³/mol. The van der Waals surface area contributed by atoms with Gasteiger partial charge in [0.1, 0.15) is 0 Å². The first-order valence-corrected chi connectivity index (χ1v) is 5.32. The lowest BCUT2D eigenvalue weighted by Crippen LogP contribution is -2.46. The van der Waals surface area contributed by atoms with E-state index in [1.54, 1.807) is 0 Å². The Hall–Kier alpha value is -0.730. The fourth-order valence-corrected chi connectivity index (χ4v) is 2.64. The minimum Gasteiger partial charge on any atom is -0.338 e. The molecule has 3 heteroatoms. The number of likely N-dealkylation sites (tertiary alicyclic amines) is 1. The van der Waals surface area contributed by atoms with Crippen LogP contribution in [0.1, 0.15) is 26.2 Å². The van der Waals surface area contributed by atoms with Crippen LogP contribution in [-0.4, -0.2) is 30.6 Å². The topological polar surface area (TPSA) is 32.3 Å². The smallest absolute Gasteiger partial charge is 0.317 e. The molecule has 0 aromatic heterocycles. The standard InChI is InChI=1S/C10H18N2O/c1-2-11-10(13)12-6-8-3-4-9(5-8)7-12/h8-9H,2-7H2,1H3,(H,11,13). The van der Waals surface area contributed by atoms with E-state index >= 15 is 0 Å². The maximum Gasteiger partial charge on any atom is 0.317 e. The van der Waals surface area contributed by atoms with Gasteiger partial charge in [-0.15, -0.1) is 0 Å². The van der Waals surface area contributed by atoms with Gasteiger partial charge in [-0.25, -0.2) is 4.79 Å². The molecule has 1 saturated heterocycles. The lowest BCUT2D eigenvalue weighted by molar-refractivity contribution is 0.162. The minimum absolute atomic E-state index is 0.138. The Morgan fingerprint density at radius 2 is 2.00 bits per heavy atom. The summed E-state index contributed by atoms with van der Waals surface area (Å²) in [5, 5.41) is 2.87. The average Bonchev–Trinajstić information content (AvgIpc) is 2.46. The zero-order valence-corrected chi connectivity index (χ0v) is 8.25. The highest BCUT2D eigenvalue weighted by atomic mass is 16.2. The van der Waals surface area contributed by atoms with Crippen LogP contribution in [0.25, 0.3) is 0 Å². The molecule has 2 atom stereocenters. The number of amides is 2. The second-order valence-electron chi connectivity index (χ2n) is 4.29. The van der Waals surface area contributed by atoms with E-state index in [0.717, 1.165) is 31.5 Å². The number of hydrogen-bond acceptors (Lipinski definition) is 1. The van der Waals surface area contributed by atoms with Gasteiger partial charge in [-0.2, -0.15) is 0 Å². The highest BCUT2D eigenvalue weighted by Gasteiger charge is 2.34. The first-order chi connectivity index (χ1) is 6.29. The highest BCUT2D eigenvalue weighted by molar-refractivity contribution is 5.74. The van der Waals surface area contributed by atoms with Crippen molar-refractivity contribution in [2.45, 2.75) is 26.2 Å². The number of nitrogens with zero attached hydrogens (tertiary/aromatic N) is 1. The van der Waals surface area contributed by atoms with Crippen molar-refractivity contribution >= 4 is 6.03 Å². The van der Waals surface area contributed by atoms with Crippen LogP contribution < -0.4 is 5.32 Å². The number of hydrogen-bond donors (Lipinski definition) is 1. The first-order valence-electron chi connectivity index (χ1n) is 5.32. The van der Waals surface area contributed by atoms with Gasteiger partial charge < -0.3 is 10.2 Å². The molecule has 2 aliphatic rings. The molecule has 13 heavy (non-hydrogen) atoms. The van der Waals surface area contributed by atoms with Crippen molar-refractivity contribution in [3.8, 4) is 0 Å². The van der Waals surface area contributed by atoms with E-state index in [1.165, 1.54) is 19.3 Å². The minimum atomic E-state index is 0.138. The fourth-order valence-electron chi connectivity index (χ4n) is 2.64. The molecule has 1 aliphatic carbocycles. The number of piperidine rings is 1. The number of fused-ring (bicyclic) bond motifs is 2. The third kappa shape index (κ3) is 1.79. The van der Waals surface area contributed by atoms with E-state index < -0.39 is 0 Å². The Kier molecular flexibility index (Phi) is 2.42. The Balaban J connectivity index is 1.91. The second-order valence-corrected chi connectivity index (χ2v) is 4.29. The molecule has 0 aromatic carbocycles. The molecule has 1 N–H and O–H groups in total. The third-order valence-electron chi connectivity index (χ3n) is 3.22. The molecule has 1 saturated carbocycles. The molecule has 1 aliphatic heterocycles. The number of carbonyl (C=O) groups is 1. The Morgan fingerprint density at radius 1 is 1.38 bits per heavy atom. The van der Waals surface area contributed by atoms with Gasteiger partial charge in [0.25, 0.3) is 0 Å². The van der Waals surface area contributed by atoms with E-state index in [1.807, 2.05) is 11.8 Å². The SMILES string of the molecule is CCNC(=O)N1CC2CCC(C2)C1. The predicted octanol–water partition coefficient (Wildman–Crippen LogP) is 1.45. The molecule has 3 nitrogen and oxygen atoms in total. The lowest BCUT2D eigenvalue weighted by Gasteiger charge is -2.31. The van der Waals surface area contributed by atoms with Gasteiger partial charge in [-0.1, -0.05) is 0 Å². The van der Waals surface area contributed by atoms with Crippen molar-refractivity contribution < 1.29 is 4.79 Å². The van der Waals surface area contributed by atoms with Crippen molar-refractivity contribution in [2.75, 3.05) is 19.6 Å². The number of rotatable bonds is 1. The van der Waals surface area contributed by atoms with Crippen LogP contribution in [0, 0.1) is 11.8 Å². The summed E-state index contributed by atoms with van der Waals surface area (Å²) in [6.45, 7) is 4.69. The maximum absolute atomic E-state index is 11.5. The third-order valence-corrected chi connectivity index (χ3v) is 3.22. The highest BCUT2D eigenvalue weighted by Crippen LogP contribution is 2.36. The number of urea groups is 1.